The third kappa shape index (κ3) is 9.71. The lowest BCUT2D eigenvalue weighted by Gasteiger charge is -2.56. The van der Waals surface area contributed by atoms with E-state index in [4.69, 9.17) is 4.74 Å². The highest BCUT2D eigenvalue weighted by Gasteiger charge is 2.53. The van der Waals surface area contributed by atoms with Crippen LogP contribution in [0.3, 0.4) is 0 Å². The molecule has 0 aliphatic heterocycles. The lowest BCUT2D eigenvalue weighted by molar-refractivity contribution is -0.134. The van der Waals surface area contributed by atoms with Crippen LogP contribution < -0.4 is 26.0 Å². The average molecular weight is 799 g/mol. The van der Waals surface area contributed by atoms with Gasteiger partial charge < -0.3 is 26.0 Å². The van der Waals surface area contributed by atoms with E-state index in [2.05, 4.69) is 21.3 Å². The molecule has 3 aromatic carbocycles. The summed E-state index contributed by atoms with van der Waals surface area (Å²) >= 11 is 0. The second kappa shape index (κ2) is 17.1. The summed E-state index contributed by atoms with van der Waals surface area (Å²) in [5.41, 5.74) is 3.07. The molecule has 9 nitrogen and oxygen atoms in total. The van der Waals surface area contributed by atoms with Crippen molar-refractivity contribution in [3.8, 4) is 5.75 Å². The number of benzene rings is 3. The van der Waals surface area contributed by atoms with Crippen LogP contribution in [0.5, 0.6) is 5.75 Å². The van der Waals surface area contributed by atoms with Crippen LogP contribution >= 0.6 is 0 Å². The van der Waals surface area contributed by atoms with Crippen molar-refractivity contribution in [2.24, 2.45) is 46.3 Å². The Hall–Kier alpha value is -4.66. The molecule has 312 valence electrons. The second-order valence-corrected chi connectivity index (χ2v) is 20.0. The third-order valence-corrected chi connectivity index (χ3v) is 15.1. The molecule has 0 heterocycles. The first kappa shape index (κ1) is 39.8. The summed E-state index contributed by atoms with van der Waals surface area (Å²) in [5, 5.41) is 12.2. The Kier molecular flexibility index (Phi) is 11.6. The normalized spacial score (nSPS) is 30.6. The molecule has 8 aliphatic carbocycles. The fourth-order valence-electron chi connectivity index (χ4n) is 13.6. The standard InChI is InChI=1S/C50H62N4O5/c55-45(29-49-23-36-15-37(24-49)17-38(16-36)25-49)53-43(21-33-7-3-1-4-8-33)47(57)51-31-35-11-13-42(14-12-35)59-32-52-48(58)44(22-34-9-5-2-6-10-34)54-46(56)30-50-26-39-18-40(27-50)20-41(19-39)28-50/h1-14,36-41,43-44H,15-32H2,(H,51,57)(H,52,58)(H,53,55)(H,54,56). The van der Waals surface area contributed by atoms with E-state index in [1.807, 2.05) is 84.9 Å². The highest BCUT2D eigenvalue weighted by atomic mass is 16.5. The average Bonchev–Trinajstić information content (AvgIpc) is 3.19. The molecule has 11 rings (SSSR count). The SMILES string of the molecule is O=C(CC12CC3CC(CC(C3)C1)C2)NC(Cc1ccccc1)C(=O)NCOc1ccc(CNC(=O)C(Cc2ccccc2)NC(=O)CC23CC4CC(CC(C4)C2)C3)cc1. The number of nitrogens with one attached hydrogen (secondary N) is 4. The molecule has 0 spiro atoms. The maximum Gasteiger partial charge on any atom is 0.245 e. The largest absolute Gasteiger partial charge is 0.473 e. The van der Waals surface area contributed by atoms with Crippen molar-refractivity contribution in [2.45, 2.75) is 121 Å². The highest BCUT2D eigenvalue weighted by molar-refractivity contribution is 5.89. The van der Waals surface area contributed by atoms with Crippen molar-refractivity contribution in [3.05, 3.63) is 102 Å². The van der Waals surface area contributed by atoms with Gasteiger partial charge in [-0.15, -0.1) is 0 Å². The predicted molar refractivity (Wildman–Crippen MR) is 227 cm³/mol. The molecular weight excluding hydrogens is 737 g/mol. The zero-order chi connectivity index (χ0) is 40.4. The van der Waals surface area contributed by atoms with Crippen LogP contribution in [-0.2, 0) is 38.6 Å². The summed E-state index contributed by atoms with van der Waals surface area (Å²) in [5.74, 6) is 4.65. The molecule has 0 aromatic heterocycles. The van der Waals surface area contributed by atoms with Gasteiger partial charge in [0, 0.05) is 32.2 Å². The van der Waals surface area contributed by atoms with E-state index in [1.54, 1.807) is 0 Å². The number of ether oxygens (including phenoxy) is 1. The van der Waals surface area contributed by atoms with Crippen LogP contribution in [0.25, 0.3) is 0 Å². The first-order chi connectivity index (χ1) is 28.6. The summed E-state index contributed by atoms with van der Waals surface area (Å²) in [6.45, 7) is 0.255. The van der Waals surface area contributed by atoms with Crippen molar-refractivity contribution in [3.63, 3.8) is 0 Å². The Balaban J connectivity index is 0.762. The summed E-state index contributed by atoms with van der Waals surface area (Å²) in [4.78, 5) is 54.4. The van der Waals surface area contributed by atoms with Gasteiger partial charge in [0.1, 0.15) is 17.8 Å². The van der Waals surface area contributed by atoms with Gasteiger partial charge in [-0.05, 0) is 152 Å². The van der Waals surface area contributed by atoms with Gasteiger partial charge in [-0.25, -0.2) is 0 Å². The summed E-state index contributed by atoms with van der Waals surface area (Å²) < 4.78 is 5.92. The Labute approximate surface area is 349 Å². The number of hydrogen-bond acceptors (Lipinski definition) is 5. The number of rotatable bonds is 17. The number of carbonyl (C=O) groups is 4. The Bertz CT molecular complexity index is 1890. The summed E-state index contributed by atoms with van der Waals surface area (Å²) in [7, 11) is 0. The highest BCUT2D eigenvalue weighted by Crippen LogP contribution is 2.62. The van der Waals surface area contributed by atoms with E-state index in [-0.39, 0.29) is 41.2 Å². The molecule has 8 saturated carbocycles. The fourth-order valence-corrected chi connectivity index (χ4v) is 13.6. The molecule has 4 N–H and O–H groups in total. The predicted octanol–water partition coefficient (Wildman–Crippen LogP) is 7.42. The minimum Gasteiger partial charge on any atom is -0.473 e. The third-order valence-electron chi connectivity index (χ3n) is 15.1. The van der Waals surface area contributed by atoms with Gasteiger partial charge in [0.25, 0.3) is 0 Å². The molecular formula is C50H62N4O5. The molecule has 8 aliphatic rings. The van der Waals surface area contributed by atoms with Crippen molar-refractivity contribution < 1.29 is 23.9 Å². The maximum atomic E-state index is 13.7. The Morgan fingerprint density at radius 3 is 1.31 bits per heavy atom. The molecule has 3 aromatic rings. The zero-order valence-electron chi connectivity index (χ0n) is 34.5. The zero-order valence-corrected chi connectivity index (χ0v) is 34.5. The summed E-state index contributed by atoms with van der Waals surface area (Å²) in [6.07, 6.45) is 16.7. The molecule has 2 unspecified atom stereocenters. The van der Waals surface area contributed by atoms with E-state index in [9.17, 15) is 19.2 Å². The van der Waals surface area contributed by atoms with Crippen LogP contribution in [0.15, 0.2) is 84.9 Å². The molecule has 9 heteroatoms. The maximum absolute atomic E-state index is 13.7. The lowest BCUT2D eigenvalue weighted by Crippen LogP contribution is -2.52. The molecule has 8 bridgehead atoms. The van der Waals surface area contributed by atoms with Crippen LogP contribution in [0.1, 0.15) is 107 Å². The van der Waals surface area contributed by atoms with Gasteiger partial charge in [0.05, 0.1) is 0 Å². The number of amides is 4. The van der Waals surface area contributed by atoms with Crippen molar-refractivity contribution in [2.75, 3.05) is 6.73 Å². The monoisotopic (exact) mass is 798 g/mol. The lowest BCUT2D eigenvalue weighted by atomic mass is 9.49. The minimum atomic E-state index is -0.707. The van der Waals surface area contributed by atoms with Crippen molar-refractivity contribution in [1.29, 1.82) is 0 Å². The molecule has 0 radical (unpaired) electrons. The molecule has 59 heavy (non-hydrogen) atoms. The number of carbonyl (C=O) groups excluding carboxylic acids is 4. The van der Waals surface area contributed by atoms with Crippen LogP contribution in [0, 0.1) is 46.3 Å². The van der Waals surface area contributed by atoms with Crippen molar-refractivity contribution >= 4 is 23.6 Å². The number of hydrogen-bond donors (Lipinski definition) is 4. The van der Waals surface area contributed by atoms with Gasteiger partial charge in [0.2, 0.25) is 23.6 Å². The Morgan fingerprint density at radius 1 is 0.508 bits per heavy atom. The van der Waals surface area contributed by atoms with Crippen LogP contribution in [0.2, 0.25) is 0 Å². The van der Waals surface area contributed by atoms with Crippen LogP contribution in [0.4, 0.5) is 0 Å². The first-order valence-corrected chi connectivity index (χ1v) is 22.6. The van der Waals surface area contributed by atoms with Gasteiger partial charge in [-0.1, -0.05) is 72.8 Å². The minimum absolute atomic E-state index is 0.0112. The van der Waals surface area contributed by atoms with E-state index in [0.29, 0.717) is 38.0 Å². The smallest absolute Gasteiger partial charge is 0.245 e. The molecule has 0 saturated heterocycles. The van der Waals surface area contributed by atoms with E-state index < -0.39 is 12.1 Å². The Morgan fingerprint density at radius 2 is 0.898 bits per heavy atom. The molecule has 4 amide bonds. The first-order valence-electron chi connectivity index (χ1n) is 22.6. The quantitative estimate of drug-likeness (QED) is 0.106. The second-order valence-electron chi connectivity index (χ2n) is 20.0. The van der Waals surface area contributed by atoms with Gasteiger partial charge >= 0.3 is 0 Å². The van der Waals surface area contributed by atoms with Gasteiger partial charge in [-0.2, -0.15) is 0 Å². The van der Waals surface area contributed by atoms with E-state index >= 15 is 0 Å². The van der Waals surface area contributed by atoms with E-state index in [0.717, 1.165) is 90.7 Å². The summed E-state index contributed by atoms with van der Waals surface area (Å²) in [6, 6.07) is 25.7. The van der Waals surface area contributed by atoms with Gasteiger partial charge in [0.15, 0.2) is 6.73 Å². The molecule has 2 atom stereocenters. The van der Waals surface area contributed by atoms with Crippen LogP contribution in [-0.4, -0.2) is 42.4 Å². The van der Waals surface area contributed by atoms with E-state index in [1.165, 1.54) is 38.5 Å². The van der Waals surface area contributed by atoms with Gasteiger partial charge in [-0.3, -0.25) is 19.2 Å². The fraction of sp³-hybridized carbons (Fsp3) is 0.560. The van der Waals surface area contributed by atoms with Crippen molar-refractivity contribution in [1.82, 2.24) is 21.3 Å². The topological polar surface area (TPSA) is 126 Å². The molecule has 8 fully saturated rings.